The van der Waals surface area contributed by atoms with Crippen LogP contribution in [-0.4, -0.2) is 28.4 Å². The van der Waals surface area contributed by atoms with Gasteiger partial charge in [-0.2, -0.15) is 0 Å². The molecule has 2 N–H and O–H groups in total. The number of aryl methyl sites for hydroxylation is 1. The first-order valence-corrected chi connectivity index (χ1v) is 6.86. The summed E-state index contributed by atoms with van der Waals surface area (Å²) >= 11 is 6.41. The Morgan fingerprint density at radius 1 is 1.53 bits per heavy atom. The van der Waals surface area contributed by atoms with Gasteiger partial charge in [0.1, 0.15) is 0 Å². The molecule has 1 aromatic heterocycles. The number of thiocarbonyl (C=S) groups is 1. The third-order valence-electron chi connectivity index (χ3n) is 2.43. The maximum absolute atomic E-state index is 12.3. The van der Waals surface area contributed by atoms with Gasteiger partial charge in [0.15, 0.2) is 0 Å². The molecule has 0 spiro atoms. The molecule has 0 unspecified atom stereocenters. The van der Waals surface area contributed by atoms with E-state index in [0.29, 0.717) is 11.5 Å². The van der Waals surface area contributed by atoms with Crippen LogP contribution in [0.5, 0.6) is 0 Å². The van der Waals surface area contributed by atoms with Crippen LogP contribution in [-0.2, 0) is 6.42 Å². The average Bonchev–Trinajstić information content (AvgIpc) is 2.72. The van der Waals surface area contributed by atoms with Crippen molar-refractivity contribution >= 4 is 34.5 Å². The molecule has 0 saturated heterocycles. The van der Waals surface area contributed by atoms with Crippen molar-refractivity contribution < 1.29 is 4.79 Å². The van der Waals surface area contributed by atoms with Crippen LogP contribution < -0.4 is 5.73 Å². The minimum atomic E-state index is 0.0116. The van der Waals surface area contributed by atoms with E-state index in [-0.39, 0.29) is 11.9 Å². The van der Waals surface area contributed by atoms with E-state index in [0.717, 1.165) is 11.3 Å². The molecule has 0 aliphatic carbocycles. The number of carbonyl (C=O) groups excluding carboxylic acids is 1. The lowest BCUT2D eigenvalue weighted by Crippen LogP contribution is -2.41. The van der Waals surface area contributed by atoms with Crippen LogP contribution in [0.2, 0.25) is 0 Å². The molecule has 0 saturated carbocycles. The third kappa shape index (κ3) is 3.78. The first-order chi connectivity index (χ1) is 7.95. The van der Waals surface area contributed by atoms with Crippen LogP contribution >= 0.6 is 23.6 Å². The van der Waals surface area contributed by atoms with Gasteiger partial charge in [-0.1, -0.05) is 19.1 Å². The molecule has 17 heavy (non-hydrogen) atoms. The molecule has 0 bridgehead atoms. The number of nitrogens with zero attached hydrogens (tertiary/aromatic N) is 1. The number of rotatable bonds is 5. The van der Waals surface area contributed by atoms with Gasteiger partial charge in [-0.05, 0) is 32.4 Å². The van der Waals surface area contributed by atoms with Crippen LogP contribution in [0.1, 0.15) is 35.3 Å². The fourth-order valence-electron chi connectivity index (χ4n) is 1.48. The van der Waals surface area contributed by atoms with E-state index in [2.05, 4.69) is 6.92 Å². The summed E-state index contributed by atoms with van der Waals surface area (Å²) in [4.78, 5) is 16.3. The summed E-state index contributed by atoms with van der Waals surface area (Å²) in [7, 11) is 0. The van der Waals surface area contributed by atoms with Crippen molar-refractivity contribution in [2.45, 2.75) is 33.2 Å². The molecule has 0 fully saturated rings. The van der Waals surface area contributed by atoms with Gasteiger partial charge in [0, 0.05) is 10.9 Å². The number of hydrogen-bond acceptors (Lipinski definition) is 3. The molecule has 0 atom stereocenters. The number of hydrogen-bond donors (Lipinski definition) is 1. The zero-order valence-electron chi connectivity index (χ0n) is 10.4. The van der Waals surface area contributed by atoms with Gasteiger partial charge in [0.25, 0.3) is 5.91 Å². The second kappa shape index (κ2) is 6.12. The van der Waals surface area contributed by atoms with E-state index in [1.54, 1.807) is 4.90 Å². The first kappa shape index (κ1) is 14.1. The average molecular weight is 270 g/mol. The van der Waals surface area contributed by atoms with E-state index in [1.807, 2.05) is 26.0 Å². The molecule has 1 amide bonds. The zero-order chi connectivity index (χ0) is 13.0. The number of nitrogens with two attached hydrogens (primary N) is 1. The first-order valence-electron chi connectivity index (χ1n) is 5.63. The van der Waals surface area contributed by atoms with Crippen molar-refractivity contribution in [2.75, 3.05) is 6.54 Å². The van der Waals surface area contributed by atoms with Gasteiger partial charge in [0.2, 0.25) is 0 Å². The lowest BCUT2D eigenvalue weighted by Gasteiger charge is -2.25. The summed E-state index contributed by atoms with van der Waals surface area (Å²) in [6.45, 7) is 6.34. The van der Waals surface area contributed by atoms with Gasteiger partial charge in [-0.15, -0.1) is 11.3 Å². The molecular weight excluding hydrogens is 252 g/mol. The Bertz CT molecular complexity index is 412. The minimum absolute atomic E-state index is 0.0116. The second-order valence-corrected chi connectivity index (χ2v) is 5.81. The molecular formula is C12H18N2OS2. The van der Waals surface area contributed by atoms with Gasteiger partial charge in [0.05, 0.1) is 16.4 Å². The molecule has 1 heterocycles. The van der Waals surface area contributed by atoms with Crippen molar-refractivity contribution in [3.63, 3.8) is 0 Å². The van der Waals surface area contributed by atoms with Crippen LogP contribution in [0.4, 0.5) is 0 Å². The van der Waals surface area contributed by atoms with Crippen LogP contribution in [0, 0.1) is 0 Å². The topological polar surface area (TPSA) is 46.3 Å². The van der Waals surface area contributed by atoms with Crippen LogP contribution in [0.3, 0.4) is 0 Å². The highest BCUT2D eigenvalue weighted by Gasteiger charge is 2.20. The standard InChI is InChI=1S/C12H18N2OS2/c1-4-9-5-6-10(17-9)12(15)14(8(2)3)7-11(13)16/h5-6,8H,4,7H2,1-3H3,(H2,13,16). The molecule has 3 nitrogen and oxygen atoms in total. The van der Waals surface area contributed by atoms with E-state index < -0.39 is 0 Å². The Labute approximate surface area is 112 Å². The minimum Gasteiger partial charge on any atom is -0.392 e. The van der Waals surface area contributed by atoms with E-state index >= 15 is 0 Å². The van der Waals surface area contributed by atoms with E-state index in [1.165, 1.54) is 16.2 Å². The summed E-state index contributed by atoms with van der Waals surface area (Å²) in [5, 5.41) is 0. The van der Waals surface area contributed by atoms with Crippen molar-refractivity contribution in [1.82, 2.24) is 4.90 Å². The third-order valence-corrected chi connectivity index (χ3v) is 3.78. The summed E-state index contributed by atoms with van der Waals surface area (Å²) in [5.41, 5.74) is 5.52. The largest absolute Gasteiger partial charge is 0.392 e. The smallest absolute Gasteiger partial charge is 0.264 e. The van der Waals surface area contributed by atoms with E-state index in [9.17, 15) is 4.79 Å². The number of amides is 1. The number of carbonyl (C=O) groups is 1. The fraction of sp³-hybridized carbons (Fsp3) is 0.500. The Balaban J connectivity index is 2.87. The fourth-order valence-corrected chi connectivity index (χ4v) is 2.52. The quantitative estimate of drug-likeness (QED) is 0.836. The monoisotopic (exact) mass is 270 g/mol. The number of thiophene rings is 1. The summed E-state index contributed by atoms with van der Waals surface area (Å²) in [6, 6.07) is 3.97. The molecule has 0 radical (unpaired) electrons. The second-order valence-electron chi connectivity index (χ2n) is 4.11. The predicted molar refractivity (Wildman–Crippen MR) is 76.7 cm³/mol. The molecule has 94 valence electrons. The normalized spacial score (nSPS) is 10.6. The molecule has 0 aliphatic heterocycles. The van der Waals surface area contributed by atoms with Crippen LogP contribution in [0.15, 0.2) is 12.1 Å². The summed E-state index contributed by atoms with van der Waals surface area (Å²) < 4.78 is 0. The lowest BCUT2D eigenvalue weighted by molar-refractivity contribution is 0.0741. The molecule has 0 aromatic carbocycles. The van der Waals surface area contributed by atoms with Crippen molar-refractivity contribution in [3.8, 4) is 0 Å². The SMILES string of the molecule is CCc1ccc(C(=O)N(CC(N)=S)C(C)C)s1. The molecule has 5 heteroatoms. The van der Waals surface area contributed by atoms with Gasteiger partial charge in [-0.3, -0.25) is 4.79 Å². The Morgan fingerprint density at radius 3 is 2.59 bits per heavy atom. The van der Waals surface area contributed by atoms with E-state index in [4.69, 9.17) is 18.0 Å². The van der Waals surface area contributed by atoms with Gasteiger partial charge >= 0.3 is 0 Å². The Kier molecular flexibility index (Phi) is 5.08. The van der Waals surface area contributed by atoms with Gasteiger partial charge in [-0.25, -0.2) is 0 Å². The Hall–Kier alpha value is -0.940. The highest BCUT2D eigenvalue weighted by atomic mass is 32.1. The lowest BCUT2D eigenvalue weighted by atomic mass is 10.3. The van der Waals surface area contributed by atoms with Crippen LogP contribution in [0.25, 0.3) is 0 Å². The molecule has 1 aromatic rings. The van der Waals surface area contributed by atoms with Gasteiger partial charge < -0.3 is 10.6 Å². The highest BCUT2D eigenvalue weighted by Crippen LogP contribution is 2.19. The maximum atomic E-state index is 12.3. The summed E-state index contributed by atoms with van der Waals surface area (Å²) in [5.74, 6) is 0.0116. The predicted octanol–water partition coefficient (Wildman–Crippen LogP) is 2.45. The Morgan fingerprint density at radius 2 is 2.18 bits per heavy atom. The maximum Gasteiger partial charge on any atom is 0.264 e. The summed E-state index contributed by atoms with van der Waals surface area (Å²) in [6.07, 6.45) is 0.953. The molecule has 1 rings (SSSR count). The van der Waals surface area contributed by atoms with Crippen molar-refractivity contribution in [3.05, 3.63) is 21.9 Å². The molecule has 0 aliphatic rings. The van der Waals surface area contributed by atoms with Crippen molar-refractivity contribution in [1.29, 1.82) is 0 Å². The highest BCUT2D eigenvalue weighted by molar-refractivity contribution is 7.80. The van der Waals surface area contributed by atoms with Crippen molar-refractivity contribution in [2.24, 2.45) is 5.73 Å². The zero-order valence-corrected chi connectivity index (χ0v) is 12.0.